The van der Waals surface area contributed by atoms with Gasteiger partial charge in [0.05, 0.1) is 10.5 Å². The number of oxazole rings is 1. The molecule has 3 rings (SSSR count). The number of carbonyl (C=O) groups is 1. The van der Waals surface area contributed by atoms with Crippen LogP contribution in [0.4, 0.5) is 16.2 Å². The van der Waals surface area contributed by atoms with E-state index in [4.69, 9.17) is 14.3 Å². The predicted octanol–water partition coefficient (Wildman–Crippen LogP) is 4.30. The van der Waals surface area contributed by atoms with Crippen molar-refractivity contribution in [3.05, 3.63) is 68.2 Å². The first-order chi connectivity index (χ1) is 15.5. The number of rotatable bonds is 7. The summed E-state index contributed by atoms with van der Waals surface area (Å²) in [6, 6.07) is 9.74. The van der Waals surface area contributed by atoms with Gasteiger partial charge in [0.25, 0.3) is 5.69 Å². The highest BCUT2D eigenvalue weighted by molar-refractivity contribution is 6.76. The zero-order chi connectivity index (χ0) is 24.2. The summed E-state index contributed by atoms with van der Waals surface area (Å²) in [7, 11) is -1.32. The molecule has 11 heteroatoms. The van der Waals surface area contributed by atoms with Gasteiger partial charge in [-0.15, -0.1) is 0 Å². The molecule has 0 spiro atoms. The summed E-state index contributed by atoms with van der Waals surface area (Å²) in [4.78, 5) is 34.1. The van der Waals surface area contributed by atoms with Crippen LogP contribution < -0.4 is 11.1 Å². The summed E-state index contributed by atoms with van der Waals surface area (Å²) in [6.07, 6.45) is -1.21. The molecule has 0 bridgehead atoms. The summed E-state index contributed by atoms with van der Waals surface area (Å²) in [5.74, 6) is 4.92. The van der Waals surface area contributed by atoms with Crippen LogP contribution in [0.25, 0.3) is 11.1 Å². The Balaban J connectivity index is 1.98. The van der Waals surface area contributed by atoms with E-state index in [1.807, 2.05) is 0 Å². The van der Waals surface area contributed by atoms with Gasteiger partial charge in [-0.1, -0.05) is 37.5 Å². The number of benzene rings is 2. The number of ether oxygens (including phenoxy) is 1. The third-order valence-corrected chi connectivity index (χ3v) is 6.34. The number of nitrogens with zero attached hydrogens (tertiary/aromatic N) is 2. The fourth-order valence-corrected chi connectivity index (χ4v) is 3.70. The number of non-ortho nitro benzene ring substituents is 1. The van der Waals surface area contributed by atoms with E-state index in [1.54, 1.807) is 18.2 Å². The first-order valence-electron chi connectivity index (χ1n) is 10.0. The van der Waals surface area contributed by atoms with E-state index in [2.05, 4.69) is 36.8 Å². The number of carboxylic acid groups (broad SMARTS) is 1. The fraction of sp³-hybridized carbons (Fsp3) is 0.273. The zero-order valence-corrected chi connectivity index (χ0v) is 19.4. The molecule has 1 aromatic heterocycles. The van der Waals surface area contributed by atoms with Gasteiger partial charge in [0.2, 0.25) is 0 Å². The van der Waals surface area contributed by atoms with Crippen LogP contribution in [0.1, 0.15) is 11.1 Å². The molecule has 0 atom stereocenters. The summed E-state index contributed by atoms with van der Waals surface area (Å²) in [5, 5.41) is 22.5. The lowest BCUT2D eigenvalue weighted by Gasteiger charge is -2.15. The molecule has 0 saturated heterocycles. The number of anilines is 1. The van der Waals surface area contributed by atoms with Gasteiger partial charge in [-0.3, -0.25) is 15.4 Å². The van der Waals surface area contributed by atoms with Gasteiger partial charge in [-0.2, -0.15) is 0 Å². The Hall–Kier alpha value is -3.88. The zero-order valence-electron chi connectivity index (χ0n) is 18.4. The van der Waals surface area contributed by atoms with Gasteiger partial charge >= 0.3 is 11.8 Å². The van der Waals surface area contributed by atoms with Crippen molar-refractivity contribution in [1.82, 2.24) is 4.57 Å². The maximum atomic E-state index is 12.4. The lowest BCUT2D eigenvalue weighted by atomic mass is 10.1. The van der Waals surface area contributed by atoms with Crippen LogP contribution in [0.5, 0.6) is 0 Å². The summed E-state index contributed by atoms with van der Waals surface area (Å²) >= 11 is 0. The molecule has 1 amide bonds. The summed E-state index contributed by atoms with van der Waals surface area (Å²) in [5.41, 5.74) is 1.04. The van der Waals surface area contributed by atoms with Crippen molar-refractivity contribution >= 4 is 36.6 Å². The van der Waals surface area contributed by atoms with E-state index in [9.17, 15) is 19.7 Å². The molecular weight excluding hydrogens is 446 g/mol. The van der Waals surface area contributed by atoms with Crippen LogP contribution in [0.2, 0.25) is 25.7 Å². The largest absolute Gasteiger partial charge is 0.465 e. The van der Waals surface area contributed by atoms with Crippen LogP contribution in [0.15, 0.2) is 45.6 Å². The molecular formula is C22H23N3O7Si. The van der Waals surface area contributed by atoms with Gasteiger partial charge in [-0.25, -0.2) is 14.2 Å². The quantitative estimate of drug-likeness (QED) is 0.173. The number of nitro groups is 1. The molecule has 3 aromatic rings. The fourth-order valence-electron chi connectivity index (χ4n) is 2.94. The Labute approximate surface area is 189 Å². The molecule has 33 heavy (non-hydrogen) atoms. The van der Waals surface area contributed by atoms with Crippen molar-refractivity contribution in [1.29, 1.82) is 0 Å². The molecule has 2 aromatic carbocycles. The normalized spacial score (nSPS) is 11.1. The monoisotopic (exact) mass is 469 g/mol. The molecule has 10 nitrogen and oxygen atoms in total. The number of hydrogen-bond acceptors (Lipinski definition) is 6. The van der Waals surface area contributed by atoms with Gasteiger partial charge in [0.15, 0.2) is 5.58 Å². The minimum atomic E-state index is -1.32. The second-order valence-corrected chi connectivity index (χ2v) is 14.1. The molecule has 0 radical (unpaired) electrons. The van der Waals surface area contributed by atoms with E-state index in [0.29, 0.717) is 17.9 Å². The number of hydrogen-bond donors (Lipinski definition) is 2. The lowest BCUT2D eigenvalue weighted by Crippen LogP contribution is -2.23. The molecule has 0 aliphatic rings. The second-order valence-electron chi connectivity index (χ2n) is 8.50. The third-order valence-electron chi connectivity index (χ3n) is 4.64. The minimum absolute atomic E-state index is 0.0900. The molecule has 0 aliphatic carbocycles. The van der Waals surface area contributed by atoms with E-state index in [0.717, 1.165) is 6.04 Å². The van der Waals surface area contributed by atoms with Crippen molar-refractivity contribution in [3.8, 4) is 11.8 Å². The average molecular weight is 470 g/mol. The highest BCUT2D eigenvalue weighted by atomic mass is 28.3. The van der Waals surface area contributed by atoms with Crippen molar-refractivity contribution in [3.63, 3.8) is 0 Å². The van der Waals surface area contributed by atoms with E-state index in [-0.39, 0.29) is 29.1 Å². The van der Waals surface area contributed by atoms with Crippen LogP contribution in [0, 0.1) is 22.0 Å². The number of nitrogens with one attached hydrogen (secondary N) is 1. The smallest absolute Gasteiger partial charge is 0.421 e. The predicted molar refractivity (Wildman–Crippen MR) is 125 cm³/mol. The maximum Gasteiger partial charge on any atom is 0.421 e. The van der Waals surface area contributed by atoms with Crippen molar-refractivity contribution in [2.45, 2.75) is 32.4 Å². The van der Waals surface area contributed by atoms with Crippen LogP contribution in [-0.2, 0) is 11.5 Å². The standard InChI is InChI=1S/C22H23N3O7Si/c1-33(2,3)10-9-31-14-24-19-13-18(25(29)30)12-16(20(19)32-22(24)28)8-7-15-5-4-6-17(11-15)23-21(26)27/h4-6,11-13,23H,9-10,14H2,1-3H3,(H,26,27). The molecule has 0 unspecified atom stereocenters. The second kappa shape index (κ2) is 9.72. The number of amides is 1. The van der Waals surface area contributed by atoms with Crippen molar-refractivity contribution in [2.24, 2.45) is 0 Å². The van der Waals surface area contributed by atoms with Crippen molar-refractivity contribution in [2.75, 3.05) is 11.9 Å². The van der Waals surface area contributed by atoms with Gasteiger partial charge in [0, 0.05) is 38.1 Å². The van der Waals surface area contributed by atoms with Crippen LogP contribution in [-0.4, -0.2) is 35.4 Å². The Bertz CT molecular complexity index is 1330. The Morgan fingerprint density at radius 2 is 2.03 bits per heavy atom. The Kier molecular flexibility index (Phi) is 7.00. The molecule has 1 heterocycles. The van der Waals surface area contributed by atoms with E-state index >= 15 is 0 Å². The molecule has 0 aliphatic heterocycles. The first-order valence-corrected chi connectivity index (χ1v) is 13.8. The van der Waals surface area contributed by atoms with Crippen LogP contribution in [0.3, 0.4) is 0 Å². The highest BCUT2D eigenvalue weighted by Crippen LogP contribution is 2.25. The minimum Gasteiger partial charge on any atom is -0.465 e. The van der Waals surface area contributed by atoms with Crippen LogP contribution >= 0.6 is 0 Å². The molecule has 0 saturated carbocycles. The summed E-state index contributed by atoms with van der Waals surface area (Å²) in [6.45, 7) is 7.00. The number of fused-ring (bicyclic) bond motifs is 1. The summed E-state index contributed by atoms with van der Waals surface area (Å²) < 4.78 is 12.2. The highest BCUT2D eigenvalue weighted by Gasteiger charge is 2.19. The average Bonchev–Trinajstić information content (AvgIpc) is 3.03. The first kappa shape index (κ1) is 23.8. The van der Waals surface area contributed by atoms with E-state index < -0.39 is 24.8 Å². The Morgan fingerprint density at radius 1 is 1.27 bits per heavy atom. The molecule has 172 valence electrons. The topological polar surface area (TPSA) is 137 Å². The van der Waals surface area contributed by atoms with Gasteiger partial charge < -0.3 is 14.3 Å². The number of nitro benzene ring substituents is 1. The molecule has 2 N–H and O–H groups in total. The Morgan fingerprint density at radius 3 is 2.70 bits per heavy atom. The molecule has 0 fully saturated rings. The maximum absolute atomic E-state index is 12.4. The third kappa shape index (κ3) is 6.31. The SMILES string of the molecule is C[Si](C)(C)CCOCn1c(=O)oc2c(C#Cc3cccc(NC(=O)O)c3)cc([N+](=O)[O-])cc21. The van der Waals surface area contributed by atoms with Gasteiger partial charge in [-0.05, 0) is 24.2 Å². The number of aromatic nitrogens is 1. The van der Waals surface area contributed by atoms with Gasteiger partial charge in [0.1, 0.15) is 12.2 Å². The van der Waals surface area contributed by atoms with Crippen molar-refractivity contribution < 1.29 is 24.0 Å². The van der Waals surface area contributed by atoms with E-state index in [1.165, 1.54) is 22.8 Å². The lowest BCUT2D eigenvalue weighted by molar-refractivity contribution is -0.384.